The summed E-state index contributed by atoms with van der Waals surface area (Å²) in [6, 6.07) is -0.320. The van der Waals surface area contributed by atoms with E-state index in [9.17, 15) is 4.79 Å². The summed E-state index contributed by atoms with van der Waals surface area (Å²) in [5, 5.41) is 0. The van der Waals surface area contributed by atoms with Crippen molar-refractivity contribution >= 4 is 18.3 Å². The summed E-state index contributed by atoms with van der Waals surface area (Å²) in [5.41, 5.74) is 6.34. The molecule has 0 aromatic carbocycles. The third-order valence-electron chi connectivity index (χ3n) is 4.49. The van der Waals surface area contributed by atoms with Gasteiger partial charge in [-0.1, -0.05) is 34.1 Å². The van der Waals surface area contributed by atoms with E-state index in [2.05, 4.69) is 27.7 Å². The highest BCUT2D eigenvalue weighted by atomic mass is 35.5. The van der Waals surface area contributed by atoms with Gasteiger partial charge in [0.15, 0.2) is 0 Å². The first-order valence-electron chi connectivity index (χ1n) is 6.98. The van der Waals surface area contributed by atoms with Crippen molar-refractivity contribution in [2.75, 3.05) is 13.1 Å². The van der Waals surface area contributed by atoms with Crippen LogP contribution >= 0.6 is 12.4 Å². The van der Waals surface area contributed by atoms with E-state index in [0.29, 0.717) is 5.41 Å². The molecule has 1 amide bonds. The second-order valence-electron chi connectivity index (χ2n) is 5.94. The smallest absolute Gasteiger partial charge is 0.239 e. The quantitative estimate of drug-likeness (QED) is 0.858. The number of carbonyl (C=O) groups excluding carboxylic acids is 1. The van der Waals surface area contributed by atoms with E-state index < -0.39 is 0 Å². The van der Waals surface area contributed by atoms with E-state index in [4.69, 9.17) is 5.73 Å². The van der Waals surface area contributed by atoms with Gasteiger partial charge in [0.25, 0.3) is 0 Å². The van der Waals surface area contributed by atoms with Crippen molar-refractivity contribution in [1.29, 1.82) is 0 Å². The largest absolute Gasteiger partial charge is 0.341 e. The molecule has 0 aromatic rings. The number of rotatable bonds is 4. The van der Waals surface area contributed by atoms with Gasteiger partial charge in [0, 0.05) is 13.1 Å². The minimum absolute atomic E-state index is 0. The molecule has 0 bridgehead atoms. The fourth-order valence-corrected chi connectivity index (χ4v) is 2.50. The van der Waals surface area contributed by atoms with E-state index in [1.54, 1.807) is 0 Å². The first-order chi connectivity index (χ1) is 7.93. The molecule has 1 heterocycles. The summed E-state index contributed by atoms with van der Waals surface area (Å²) in [6.07, 6.45) is 4.44. The maximum Gasteiger partial charge on any atom is 0.239 e. The van der Waals surface area contributed by atoms with Crippen LogP contribution in [0.3, 0.4) is 0 Å². The molecule has 1 aliphatic heterocycles. The molecule has 1 rings (SSSR count). The third kappa shape index (κ3) is 4.13. The van der Waals surface area contributed by atoms with Crippen molar-refractivity contribution in [3.63, 3.8) is 0 Å². The van der Waals surface area contributed by atoms with Crippen LogP contribution in [-0.4, -0.2) is 29.9 Å². The third-order valence-corrected chi connectivity index (χ3v) is 4.49. The minimum atomic E-state index is -0.320. The zero-order valence-corrected chi connectivity index (χ0v) is 13.1. The number of piperidine rings is 1. The summed E-state index contributed by atoms with van der Waals surface area (Å²) in [4.78, 5) is 14.3. The monoisotopic (exact) mass is 276 g/mol. The standard InChI is InChI=1S/C14H28N2O.ClH/c1-5-11(3)12(15)13(17)16-9-7-8-14(4,6-2)10-16;/h11-12H,5-10,15H2,1-4H3;1H. The Kier molecular flexibility index (Phi) is 7.23. The van der Waals surface area contributed by atoms with E-state index >= 15 is 0 Å². The number of nitrogens with zero attached hydrogens (tertiary/aromatic N) is 1. The van der Waals surface area contributed by atoms with Gasteiger partial charge in [-0.3, -0.25) is 4.79 Å². The maximum absolute atomic E-state index is 12.3. The predicted molar refractivity (Wildman–Crippen MR) is 78.9 cm³/mol. The van der Waals surface area contributed by atoms with Crippen molar-refractivity contribution in [3.05, 3.63) is 0 Å². The molecule has 0 spiro atoms. The van der Waals surface area contributed by atoms with E-state index in [0.717, 1.165) is 32.4 Å². The number of halogens is 1. The second-order valence-corrected chi connectivity index (χ2v) is 5.94. The average molecular weight is 277 g/mol. The summed E-state index contributed by atoms with van der Waals surface area (Å²) in [7, 11) is 0. The molecule has 3 nitrogen and oxygen atoms in total. The van der Waals surface area contributed by atoms with Gasteiger partial charge in [-0.2, -0.15) is 0 Å². The highest BCUT2D eigenvalue weighted by Gasteiger charge is 2.34. The summed E-state index contributed by atoms with van der Waals surface area (Å²) in [5.74, 6) is 0.427. The summed E-state index contributed by atoms with van der Waals surface area (Å²) < 4.78 is 0. The fourth-order valence-electron chi connectivity index (χ4n) is 2.50. The second kappa shape index (κ2) is 7.34. The molecular formula is C14H29ClN2O. The Hall–Kier alpha value is -0.280. The molecular weight excluding hydrogens is 248 g/mol. The first kappa shape index (κ1) is 17.7. The molecule has 3 unspecified atom stereocenters. The van der Waals surface area contributed by atoms with Gasteiger partial charge in [-0.25, -0.2) is 0 Å². The topological polar surface area (TPSA) is 46.3 Å². The number of nitrogens with two attached hydrogens (primary N) is 1. The lowest BCUT2D eigenvalue weighted by atomic mass is 9.79. The zero-order valence-electron chi connectivity index (χ0n) is 12.2. The first-order valence-corrected chi connectivity index (χ1v) is 6.98. The van der Waals surface area contributed by atoms with Crippen LogP contribution in [0, 0.1) is 11.3 Å². The zero-order chi connectivity index (χ0) is 13.1. The molecule has 1 saturated heterocycles. The van der Waals surface area contributed by atoms with Crippen LogP contribution in [0.15, 0.2) is 0 Å². The molecule has 1 fully saturated rings. The lowest BCUT2D eigenvalue weighted by Crippen LogP contribution is -2.52. The SMILES string of the molecule is CCC(C)C(N)C(=O)N1CCCC(C)(CC)C1.Cl. The van der Waals surface area contributed by atoms with Gasteiger partial charge >= 0.3 is 0 Å². The van der Waals surface area contributed by atoms with Crippen LogP contribution in [0.25, 0.3) is 0 Å². The number of hydrogen-bond acceptors (Lipinski definition) is 2. The van der Waals surface area contributed by atoms with Gasteiger partial charge in [0.05, 0.1) is 6.04 Å². The Balaban J connectivity index is 0.00000289. The van der Waals surface area contributed by atoms with Crippen molar-refractivity contribution in [1.82, 2.24) is 4.90 Å². The van der Waals surface area contributed by atoms with Gasteiger partial charge in [0.1, 0.15) is 0 Å². The minimum Gasteiger partial charge on any atom is -0.341 e. The molecule has 0 radical (unpaired) electrons. The van der Waals surface area contributed by atoms with E-state index in [-0.39, 0.29) is 30.3 Å². The van der Waals surface area contributed by atoms with Crippen LogP contribution in [0.1, 0.15) is 53.4 Å². The van der Waals surface area contributed by atoms with Crippen molar-refractivity contribution in [2.45, 2.75) is 59.4 Å². The van der Waals surface area contributed by atoms with Crippen molar-refractivity contribution < 1.29 is 4.79 Å². The molecule has 18 heavy (non-hydrogen) atoms. The van der Waals surface area contributed by atoms with Crippen LogP contribution < -0.4 is 5.73 Å². The van der Waals surface area contributed by atoms with Gasteiger partial charge in [0.2, 0.25) is 5.91 Å². The van der Waals surface area contributed by atoms with Crippen LogP contribution in [-0.2, 0) is 4.79 Å². The van der Waals surface area contributed by atoms with Crippen molar-refractivity contribution in [2.24, 2.45) is 17.1 Å². The Morgan fingerprint density at radius 1 is 1.44 bits per heavy atom. The Bertz CT molecular complexity index is 273. The van der Waals surface area contributed by atoms with Crippen LogP contribution in [0.4, 0.5) is 0 Å². The summed E-state index contributed by atoms with van der Waals surface area (Å²) in [6.45, 7) is 10.4. The van der Waals surface area contributed by atoms with E-state index in [1.165, 1.54) is 6.42 Å². The maximum atomic E-state index is 12.3. The molecule has 108 valence electrons. The predicted octanol–water partition coefficient (Wildman–Crippen LogP) is 2.82. The van der Waals surface area contributed by atoms with Gasteiger partial charge in [-0.05, 0) is 30.6 Å². The normalized spacial score (nSPS) is 27.3. The highest BCUT2D eigenvalue weighted by Crippen LogP contribution is 2.32. The molecule has 1 aliphatic rings. The fraction of sp³-hybridized carbons (Fsp3) is 0.929. The molecule has 3 atom stereocenters. The van der Waals surface area contributed by atoms with Gasteiger partial charge in [-0.15, -0.1) is 12.4 Å². The lowest BCUT2D eigenvalue weighted by molar-refractivity contribution is -0.137. The Labute approximate surface area is 118 Å². The highest BCUT2D eigenvalue weighted by molar-refractivity contribution is 5.85. The lowest BCUT2D eigenvalue weighted by Gasteiger charge is -2.41. The molecule has 0 saturated carbocycles. The molecule has 0 aliphatic carbocycles. The van der Waals surface area contributed by atoms with Gasteiger partial charge < -0.3 is 10.6 Å². The average Bonchev–Trinajstić information content (AvgIpc) is 2.36. The van der Waals surface area contributed by atoms with Crippen LogP contribution in [0.5, 0.6) is 0 Å². The van der Waals surface area contributed by atoms with Crippen molar-refractivity contribution in [3.8, 4) is 0 Å². The molecule has 2 N–H and O–H groups in total. The summed E-state index contributed by atoms with van der Waals surface area (Å²) >= 11 is 0. The number of carbonyl (C=O) groups is 1. The van der Waals surface area contributed by atoms with E-state index in [1.807, 2.05) is 4.90 Å². The Morgan fingerprint density at radius 2 is 2.06 bits per heavy atom. The number of amides is 1. The number of hydrogen-bond donors (Lipinski definition) is 1. The molecule has 0 aromatic heterocycles. The molecule has 4 heteroatoms. The number of likely N-dealkylation sites (tertiary alicyclic amines) is 1. The van der Waals surface area contributed by atoms with Crippen LogP contribution in [0.2, 0.25) is 0 Å². The Morgan fingerprint density at radius 3 is 2.56 bits per heavy atom.